The first-order chi connectivity index (χ1) is 12.9. The third-order valence-electron chi connectivity index (χ3n) is 4.55. The molecule has 2 bridgehead atoms. The topological polar surface area (TPSA) is 86.1 Å². The highest BCUT2D eigenvalue weighted by atomic mass is 19.4. The highest BCUT2D eigenvalue weighted by Crippen LogP contribution is 2.36. The number of ether oxygens (including phenoxy) is 2. The Kier molecular flexibility index (Phi) is 4.54. The van der Waals surface area contributed by atoms with E-state index in [-0.39, 0.29) is 24.4 Å². The van der Waals surface area contributed by atoms with Gasteiger partial charge in [-0.25, -0.2) is 4.98 Å². The molecule has 2 N–H and O–H groups in total. The molecule has 1 unspecified atom stereocenters. The molecular formula is C16H19F3N6O2. The first-order valence-corrected chi connectivity index (χ1v) is 8.68. The van der Waals surface area contributed by atoms with E-state index in [9.17, 15) is 13.2 Å². The molecule has 0 saturated carbocycles. The molecule has 11 heteroatoms. The number of rotatable bonds is 1. The Balaban J connectivity index is 1.73. The van der Waals surface area contributed by atoms with Gasteiger partial charge < -0.3 is 20.1 Å². The van der Waals surface area contributed by atoms with Crippen LogP contribution in [-0.2, 0) is 10.9 Å². The van der Waals surface area contributed by atoms with Gasteiger partial charge in [-0.1, -0.05) is 0 Å². The Morgan fingerprint density at radius 2 is 2.15 bits per heavy atom. The van der Waals surface area contributed by atoms with E-state index < -0.39 is 11.7 Å². The fraction of sp³-hybridized carbons (Fsp3) is 0.562. The average molecular weight is 384 g/mol. The molecule has 4 heterocycles. The van der Waals surface area contributed by atoms with Gasteiger partial charge >= 0.3 is 6.18 Å². The van der Waals surface area contributed by atoms with Gasteiger partial charge in [-0.2, -0.15) is 18.2 Å². The van der Waals surface area contributed by atoms with E-state index in [1.807, 2.05) is 11.6 Å². The van der Waals surface area contributed by atoms with Crippen LogP contribution < -0.4 is 15.4 Å². The van der Waals surface area contributed by atoms with Crippen molar-refractivity contribution in [3.05, 3.63) is 17.5 Å². The Hall–Kier alpha value is -2.56. The van der Waals surface area contributed by atoms with Gasteiger partial charge in [0, 0.05) is 19.3 Å². The summed E-state index contributed by atoms with van der Waals surface area (Å²) in [7, 11) is 0. The Morgan fingerprint density at radius 1 is 1.30 bits per heavy atom. The van der Waals surface area contributed by atoms with Crippen LogP contribution in [0.3, 0.4) is 0 Å². The van der Waals surface area contributed by atoms with Gasteiger partial charge in [0.25, 0.3) is 5.88 Å². The fourth-order valence-electron chi connectivity index (χ4n) is 3.15. The van der Waals surface area contributed by atoms with Crippen LogP contribution in [0, 0.1) is 6.92 Å². The molecular weight excluding hydrogens is 365 g/mol. The Labute approximate surface area is 153 Å². The standard InChI is InChI=1S/C16H19F3N6O2/c1-9-12-14(24-25(9)10-3-6-26-8-10)27-5-2-4-20-13-11(16(17,18)19)7-21-15(22-12)23-13/h7,10H,2-6,8H2,1H3,(H2,20,21,22,23). The van der Waals surface area contributed by atoms with Crippen molar-refractivity contribution in [2.45, 2.75) is 32.0 Å². The normalized spacial score (nSPS) is 20.1. The van der Waals surface area contributed by atoms with Gasteiger partial charge in [0.1, 0.15) is 17.1 Å². The van der Waals surface area contributed by atoms with E-state index in [0.29, 0.717) is 37.8 Å². The van der Waals surface area contributed by atoms with Gasteiger partial charge in [0.15, 0.2) is 0 Å². The molecule has 0 aromatic carbocycles. The molecule has 2 aromatic heterocycles. The molecule has 1 atom stereocenters. The SMILES string of the molecule is Cc1c2c(nn1C1CCOC1)OCCCNc1nc(ncc1C(F)(F)F)N2. The molecule has 0 radical (unpaired) electrons. The lowest BCUT2D eigenvalue weighted by molar-refractivity contribution is -0.137. The van der Waals surface area contributed by atoms with Crippen LogP contribution in [0.25, 0.3) is 0 Å². The van der Waals surface area contributed by atoms with Gasteiger partial charge in [-0.15, -0.1) is 5.10 Å². The highest BCUT2D eigenvalue weighted by molar-refractivity contribution is 5.64. The molecule has 1 saturated heterocycles. The summed E-state index contributed by atoms with van der Waals surface area (Å²) in [5.74, 6) is 0.173. The zero-order chi connectivity index (χ0) is 19.0. The van der Waals surface area contributed by atoms with Crippen molar-refractivity contribution in [1.82, 2.24) is 19.7 Å². The summed E-state index contributed by atoms with van der Waals surface area (Å²) in [6.07, 6.45) is -2.42. The minimum Gasteiger partial charge on any atom is -0.475 e. The second-order valence-electron chi connectivity index (χ2n) is 6.43. The lowest BCUT2D eigenvalue weighted by Gasteiger charge is -2.14. The van der Waals surface area contributed by atoms with Gasteiger partial charge in [-0.05, 0) is 19.8 Å². The quantitative estimate of drug-likeness (QED) is 0.782. The van der Waals surface area contributed by atoms with Crippen molar-refractivity contribution < 1.29 is 22.6 Å². The van der Waals surface area contributed by atoms with Crippen LogP contribution in [0.5, 0.6) is 5.88 Å². The minimum absolute atomic E-state index is 0.0440. The monoisotopic (exact) mass is 384 g/mol. The zero-order valence-electron chi connectivity index (χ0n) is 14.6. The third kappa shape index (κ3) is 3.51. The molecule has 1 fully saturated rings. The predicted molar refractivity (Wildman–Crippen MR) is 90.4 cm³/mol. The first-order valence-electron chi connectivity index (χ1n) is 8.68. The van der Waals surface area contributed by atoms with Gasteiger partial charge in [0.05, 0.1) is 24.9 Å². The number of anilines is 3. The number of fused-ring (bicyclic) bond motifs is 3. The Bertz CT molecular complexity index is 832. The van der Waals surface area contributed by atoms with Crippen molar-refractivity contribution in [2.24, 2.45) is 0 Å². The van der Waals surface area contributed by atoms with Crippen LogP contribution in [0.15, 0.2) is 6.20 Å². The van der Waals surface area contributed by atoms with Crippen LogP contribution in [0.4, 0.5) is 30.6 Å². The molecule has 4 rings (SSSR count). The van der Waals surface area contributed by atoms with Crippen LogP contribution in [0.1, 0.15) is 30.1 Å². The molecule has 8 nitrogen and oxygen atoms in total. The minimum atomic E-state index is -4.54. The number of alkyl halides is 3. The third-order valence-corrected chi connectivity index (χ3v) is 4.55. The molecule has 2 aliphatic heterocycles. The number of halogens is 3. The maximum Gasteiger partial charge on any atom is 0.421 e. The first kappa shape index (κ1) is 17.8. The van der Waals surface area contributed by atoms with E-state index in [2.05, 4.69) is 25.7 Å². The molecule has 27 heavy (non-hydrogen) atoms. The predicted octanol–water partition coefficient (Wildman–Crippen LogP) is 2.90. The van der Waals surface area contributed by atoms with Crippen molar-refractivity contribution in [2.75, 3.05) is 37.0 Å². The van der Waals surface area contributed by atoms with E-state index in [1.165, 1.54) is 0 Å². The maximum absolute atomic E-state index is 13.2. The van der Waals surface area contributed by atoms with Crippen LogP contribution in [-0.4, -0.2) is 46.1 Å². The largest absolute Gasteiger partial charge is 0.475 e. The number of aromatic nitrogens is 4. The number of nitrogens with one attached hydrogen (secondary N) is 2. The van der Waals surface area contributed by atoms with Gasteiger partial charge in [-0.3, -0.25) is 4.68 Å². The number of hydrogen-bond donors (Lipinski definition) is 2. The molecule has 146 valence electrons. The number of nitrogens with zero attached hydrogens (tertiary/aromatic N) is 4. The number of hydrogen-bond acceptors (Lipinski definition) is 7. The summed E-state index contributed by atoms with van der Waals surface area (Å²) in [6, 6.07) is 0.0987. The molecule has 0 amide bonds. The molecule has 0 spiro atoms. The lowest BCUT2D eigenvalue weighted by atomic mass is 10.2. The van der Waals surface area contributed by atoms with E-state index in [0.717, 1.165) is 18.3 Å². The summed E-state index contributed by atoms with van der Waals surface area (Å²) in [5.41, 5.74) is 0.441. The highest BCUT2D eigenvalue weighted by Gasteiger charge is 2.35. The summed E-state index contributed by atoms with van der Waals surface area (Å²) < 4.78 is 52.5. The van der Waals surface area contributed by atoms with Crippen LogP contribution in [0.2, 0.25) is 0 Å². The molecule has 2 aliphatic rings. The van der Waals surface area contributed by atoms with Gasteiger partial charge in [0.2, 0.25) is 5.95 Å². The second-order valence-corrected chi connectivity index (χ2v) is 6.43. The second kappa shape index (κ2) is 6.87. The van der Waals surface area contributed by atoms with E-state index in [1.54, 1.807) is 0 Å². The van der Waals surface area contributed by atoms with Crippen LogP contribution >= 0.6 is 0 Å². The van der Waals surface area contributed by atoms with Crippen molar-refractivity contribution in [3.63, 3.8) is 0 Å². The zero-order valence-corrected chi connectivity index (χ0v) is 14.6. The average Bonchev–Trinajstić information content (AvgIpc) is 3.23. The Morgan fingerprint density at radius 3 is 2.89 bits per heavy atom. The summed E-state index contributed by atoms with van der Waals surface area (Å²) >= 11 is 0. The molecule has 2 aromatic rings. The lowest BCUT2D eigenvalue weighted by Crippen LogP contribution is -2.16. The summed E-state index contributed by atoms with van der Waals surface area (Å²) in [4.78, 5) is 7.85. The summed E-state index contributed by atoms with van der Waals surface area (Å²) in [6.45, 7) is 3.69. The summed E-state index contributed by atoms with van der Waals surface area (Å²) in [5, 5.41) is 10.2. The maximum atomic E-state index is 13.2. The fourth-order valence-corrected chi connectivity index (χ4v) is 3.15. The van der Waals surface area contributed by atoms with E-state index >= 15 is 0 Å². The van der Waals surface area contributed by atoms with Crippen molar-refractivity contribution in [1.29, 1.82) is 0 Å². The van der Waals surface area contributed by atoms with Crippen molar-refractivity contribution >= 4 is 17.5 Å². The molecule has 0 aliphatic carbocycles. The van der Waals surface area contributed by atoms with E-state index in [4.69, 9.17) is 9.47 Å². The van der Waals surface area contributed by atoms with Crippen molar-refractivity contribution in [3.8, 4) is 5.88 Å². The smallest absolute Gasteiger partial charge is 0.421 e.